The van der Waals surface area contributed by atoms with Crippen LogP contribution in [0.3, 0.4) is 0 Å². The Bertz CT molecular complexity index is 1840. The van der Waals surface area contributed by atoms with Crippen molar-refractivity contribution in [2.45, 2.75) is 43.0 Å². The minimum atomic E-state index is -2.23. The van der Waals surface area contributed by atoms with E-state index in [1.54, 1.807) is 30.6 Å². The minimum absolute atomic E-state index is 0.0392. The van der Waals surface area contributed by atoms with Crippen LogP contribution >= 0.6 is 0 Å². The van der Waals surface area contributed by atoms with Crippen molar-refractivity contribution in [1.82, 2.24) is 5.32 Å². The van der Waals surface area contributed by atoms with Gasteiger partial charge in [-0.3, -0.25) is 15.1 Å². The summed E-state index contributed by atoms with van der Waals surface area (Å²) in [4.78, 5) is 47.2. The molecule has 16 heteroatoms. The highest BCUT2D eigenvalue weighted by Gasteiger charge is 2.53. The lowest BCUT2D eigenvalue weighted by molar-refractivity contribution is -1.05. The molecule has 8 atom stereocenters. The van der Waals surface area contributed by atoms with Crippen LogP contribution in [0.25, 0.3) is 22.1 Å². The molecule has 0 aliphatic carbocycles. The van der Waals surface area contributed by atoms with Crippen molar-refractivity contribution in [3.63, 3.8) is 0 Å². The number of nitrogens with zero attached hydrogens (tertiary/aromatic N) is 1. The second-order valence-electron chi connectivity index (χ2n) is 10.9. The van der Waals surface area contributed by atoms with Crippen molar-refractivity contribution >= 4 is 29.1 Å². The Kier molecular flexibility index (Phi) is 8.89. The molecule has 47 heavy (non-hydrogen) atoms. The van der Waals surface area contributed by atoms with Gasteiger partial charge in [0.1, 0.15) is 47.8 Å². The minimum Gasteiger partial charge on any atom is -0.508 e. The molecule has 3 aliphatic rings. The monoisotopic (exact) mass is 652 g/mol. The van der Waals surface area contributed by atoms with Gasteiger partial charge in [-0.05, 0) is 43.0 Å². The molecule has 1 unspecified atom stereocenters. The van der Waals surface area contributed by atoms with Crippen LogP contribution in [0.5, 0.6) is 11.5 Å². The number of esters is 1. The van der Waals surface area contributed by atoms with Crippen LogP contribution in [0.2, 0.25) is 0 Å². The number of allylic oxidation sites excluding steroid dienone is 1. The number of aliphatic hydroxyl groups excluding tert-OH is 3. The summed E-state index contributed by atoms with van der Waals surface area (Å²) in [6, 6.07) is 8.47. The SMILES string of the molecule is CN[C@H](C(=O)O)C(=O)O[C@H](O)[C@@H]1O[C@H](Oc2ccc3c(=O)c(-c4ccc(O)cc4)coc3c2)[C@@H](O[NH+]2C=C3N=CC=C3C2)[C@H](O)[C@H]1O. The van der Waals surface area contributed by atoms with Gasteiger partial charge in [-0.1, -0.05) is 12.1 Å². The lowest BCUT2D eigenvalue weighted by atomic mass is 9.98. The van der Waals surface area contributed by atoms with Gasteiger partial charge in [-0.25, -0.2) is 9.59 Å². The quantitative estimate of drug-likeness (QED) is 0.0757. The highest BCUT2D eigenvalue weighted by atomic mass is 16.8. The maximum atomic E-state index is 13.2. The van der Waals surface area contributed by atoms with Crippen molar-refractivity contribution in [2.24, 2.45) is 4.99 Å². The molecule has 6 rings (SSSR count). The average molecular weight is 653 g/mol. The van der Waals surface area contributed by atoms with Crippen LogP contribution in [0.15, 0.2) is 86.5 Å². The summed E-state index contributed by atoms with van der Waals surface area (Å²) < 4.78 is 22.4. The van der Waals surface area contributed by atoms with Crippen molar-refractivity contribution < 1.29 is 63.7 Å². The second-order valence-corrected chi connectivity index (χ2v) is 10.9. The summed E-state index contributed by atoms with van der Waals surface area (Å²) in [7, 11) is 1.19. The standard InChI is InChI=1S/C31H29N3O13/c1-32-22(28(39)40)29(41)46-30(42)26-24(37)25(38)27(47-34-11-15-8-9-33-20(15)12-34)31(45-26)44-17-6-7-18-21(10-17)43-13-19(23(18)36)14-2-4-16(35)5-3-14/h2-10,12-13,22,24-27,30-32,35,37-38,42H,11H2,1H3,(H,39,40)/p+1/t22-,24-,25-,26-,27+,30+,31+/m1/s1. The number of likely N-dealkylation sites (N-methyl/N-ethyl adjacent to an activating group) is 1. The predicted octanol–water partition coefficient (Wildman–Crippen LogP) is -1.42. The van der Waals surface area contributed by atoms with E-state index in [1.165, 1.54) is 43.6 Å². The number of carboxylic acid groups (broad SMARTS) is 1. The number of benzene rings is 2. The lowest BCUT2D eigenvalue weighted by Gasteiger charge is -2.42. The number of hydrogen-bond acceptors (Lipinski definition) is 14. The molecule has 246 valence electrons. The van der Waals surface area contributed by atoms with E-state index in [1.807, 2.05) is 0 Å². The number of carbonyl (C=O) groups is 2. The van der Waals surface area contributed by atoms with E-state index >= 15 is 0 Å². The number of quaternary nitrogens is 1. The van der Waals surface area contributed by atoms with Gasteiger partial charge < -0.3 is 44.2 Å². The average Bonchev–Trinajstić information content (AvgIpc) is 3.64. The number of aliphatic imine (C=N–C) groups is 1. The van der Waals surface area contributed by atoms with Gasteiger partial charge in [0.15, 0.2) is 17.7 Å². The molecule has 0 saturated carbocycles. The molecule has 3 aromatic rings. The number of nitrogens with one attached hydrogen (secondary N) is 2. The number of aliphatic hydroxyl groups is 3. The molecule has 0 spiro atoms. The molecule has 16 nitrogen and oxygen atoms in total. The number of aliphatic carboxylic acids is 1. The molecular formula is C31H30N3O13+. The molecule has 1 saturated heterocycles. The molecule has 4 heterocycles. The second kappa shape index (κ2) is 13.0. The lowest BCUT2D eigenvalue weighted by Crippen LogP contribution is -3.07. The number of hydrogen-bond donors (Lipinski definition) is 7. The number of fused-ring (bicyclic) bond motifs is 2. The molecule has 7 N–H and O–H groups in total. The van der Waals surface area contributed by atoms with E-state index in [9.17, 15) is 39.9 Å². The predicted molar refractivity (Wildman–Crippen MR) is 159 cm³/mol. The highest BCUT2D eigenvalue weighted by Crippen LogP contribution is 2.30. The van der Waals surface area contributed by atoms with Crippen molar-refractivity contribution in [3.8, 4) is 22.6 Å². The van der Waals surface area contributed by atoms with Crippen LogP contribution in [0.4, 0.5) is 0 Å². The van der Waals surface area contributed by atoms with Gasteiger partial charge in [0.25, 0.3) is 0 Å². The van der Waals surface area contributed by atoms with E-state index in [2.05, 4.69) is 10.3 Å². The number of rotatable bonds is 10. The van der Waals surface area contributed by atoms with E-state index in [4.69, 9.17) is 23.5 Å². The number of ether oxygens (including phenoxy) is 3. The summed E-state index contributed by atoms with van der Waals surface area (Å²) in [6.45, 7) is 0.329. The van der Waals surface area contributed by atoms with Gasteiger partial charge in [-0.2, -0.15) is 9.90 Å². The first-order valence-electron chi connectivity index (χ1n) is 14.3. The fourth-order valence-electron chi connectivity index (χ4n) is 5.37. The van der Waals surface area contributed by atoms with E-state index in [0.29, 0.717) is 22.9 Å². The fraction of sp³-hybridized carbons (Fsp3) is 0.290. The zero-order valence-electron chi connectivity index (χ0n) is 24.5. The summed E-state index contributed by atoms with van der Waals surface area (Å²) in [5.41, 5.74) is 2.11. The van der Waals surface area contributed by atoms with Crippen LogP contribution in [-0.2, 0) is 23.9 Å². The first-order valence-corrected chi connectivity index (χ1v) is 14.3. The van der Waals surface area contributed by atoms with Crippen molar-refractivity contribution in [2.75, 3.05) is 13.6 Å². The highest BCUT2D eigenvalue weighted by molar-refractivity contribution is 5.98. The third-order valence-electron chi connectivity index (χ3n) is 7.82. The van der Waals surface area contributed by atoms with Crippen molar-refractivity contribution in [1.29, 1.82) is 0 Å². The number of hydroxylamine groups is 2. The van der Waals surface area contributed by atoms with E-state index in [0.717, 1.165) is 5.57 Å². The smallest absolute Gasteiger partial charge is 0.337 e. The molecule has 0 amide bonds. The Morgan fingerprint density at radius 1 is 1.13 bits per heavy atom. The normalized spacial score (nSPS) is 26.3. The summed E-state index contributed by atoms with van der Waals surface area (Å²) in [5, 5.41) is 54.3. The maximum Gasteiger partial charge on any atom is 0.337 e. The number of phenolic OH excluding ortho intramolecular Hbond substituents is 1. The zero-order valence-corrected chi connectivity index (χ0v) is 24.5. The van der Waals surface area contributed by atoms with Crippen LogP contribution in [0.1, 0.15) is 0 Å². The molecule has 0 radical (unpaired) electrons. The Balaban J connectivity index is 1.27. The summed E-state index contributed by atoms with van der Waals surface area (Å²) in [5.74, 6) is -2.84. The molecule has 1 fully saturated rings. The molecule has 0 bridgehead atoms. The topological polar surface area (TPSA) is 231 Å². The third kappa shape index (κ3) is 6.38. The van der Waals surface area contributed by atoms with Gasteiger partial charge in [0, 0.05) is 17.9 Å². The van der Waals surface area contributed by atoms with E-state index < -0.39 is 55.0 Å². The number of carbonyl (C=O) groups excluding carboxylic acids is 1. The summed E-state index contributed by atoms with van der Waals surface area (Å²) in [6.07, 6.45) is -4.33. The summed E-state index contributed by atoms with van der Waals surface area (Å²) >= 11 is 0. The van der Waals surface area contributed by atoms with Crippen LogP contribution < -0.4 is 20.5 Å². The van der Waals surface area contributed by atoms with Gasteiger partial charge >= 0.3 is 11.9 Å². The first kappa shape index (κ1) is 32.0. The molecule has 3 aliphatic heterocycles. The number of phenols is 1. The molecular weight excluding hydrogens is 622 g/mol. The van der Waals surface area contributed by atoms with Crippen LogP contribution in [0, 0.1) is 0 Å². The van der Waals surface area contributed by atoms with Crippen LogP contribution in [-0.4, -0.2) is 100 Å². The first-order chi connectivity index (χ1) is 22.5. The Labute approximate surface area is 264 Å². The van der Waals surface area contributed by atoms with Gasteiger partial charge in [0.2, 0.25) is 24.7 Å². The number of aromatic hydroxyl groups is 1. The van der Waals surface area contributed by atoms with Gasteiger partial charge in [0.05, 0.1) is 10.9 Å². The van der Waals surface area contributed by atoms with Crippen molar-refractivity contribution in [3.05, 3.63) is 82.5 Å². The molecule has 1 aromatic heterocycles. The fourth-order valence-corrected chi connectivity index (χ4v) is 5.37. The number of carboxylic acids is 1. The van der Waals surface area contributed by atoms with E-state index in [-0.39, 0.29) is 33.5 Å². The Morgan fingerprint density at radius 3 is 2.60 bits per heavy atom. The largest absolute Gasteiger partial charge is 0.508 e. The Morgan fingerprint density at radius 2 is 1.89 bits per heavy atom. The maximum absolute atomic E-state index is 13.2. The van der Waals surface area contributed by atoms with Gasteiger partial charge in [-0.15, -0.1) is 0 Å². The Hall–Kier alpha value is -4.94. The third-order valence-corrected chi connectivity index (χ3v) is 7.82. The zero-order chi connectivity index (χ0) is 33.4. The molecule has 2 aromatic carbocycles.